The second kappa shape index (κ2) is 7.71. The molecule has 20 heavy (non-hydrogen) atoms. The van der Waals surface area contributed by atoms with E-state index in [1.165, 1.54) is 22.9 Å². The van der Waals surface area contributed by atoms with Crippen LogP contribution in [0.5, 0.6) is 0 Å². The predicted octanol–water partition coefficient (Wildman–Crippen LogP) is 4.94. The molecule has 0 spiro atoms. The Hall–Kier alpha value is -1.80. The highest BCUT2D eigenvalue weighted by Crippen LogP contribution is 2.18. The van der Waals surface area contributed by atoms with Crippen molar-refractivity contribution in [3.05, 3.63) is 77.9 Å². The summed E-state index contributed by atoms with van der Waals surface area (Å²) in [5, 5.41) is 0.212. The monoisotopic (exact) mass is 282 g/mol. The number of benzene rings is 2. The smallest absolute Gasteiger partial charge is 0.193 e. The Kier molecular flexibility index (Phi) is 5.63. The number of allylic oxidation sites excluding steroid dienone is 2. The fourth-order valence-electron chi connectivity index (χ4n) is 1.85. The number of carbonyl (C=O) groups is 1. The zero-order chi connectivity index (χ0) is 14.2. The molecular weight excluding hydrogens is 264 g/mol. The Morgan fingerprint density at radius 2 is 1.60 bits per heavy atom. The van der Waals surface area contributed by atoms with Crippen LogP contribution in [0, 0.1) is 0 Å². The van der Waals surface area contributed by atoms with Crippen LogP contribution in [0.3, 0.4) is 0 Å². The van der Waals surface area contributed by atoms with Gasteiger partial charge < -0.3 is 0 Å². The fraction of sp³-hybridized carbons (Fsp3) is 0.167. The third kappa shape index (κ3) is 4.71. The molecule has 0 fully saturated rings. The molecule has 2 heteroatoms. The number of hydrogen-bond donors (Lipinski definition) is 0. The van der Waals surface area contributed by atoms with Crippen LogP contribution in [0.2, 0.25) is 0 Å². The Morgan fingerprint density at radius 3 is 2.25 bits per heavy atom. The third-order valence-corrected chi connectivity index (χ3v) is 4.01. The van der Waals surface area contributed by atoms with Crippen LogP contribution in [0.1, 0.15) is 24.5 Å². The van der Waals surface area contributed by atoms with Gasteiger partial charge in [0.05, 0.1) is 0 Å². The van der Waals surface area contributed by atoms with Gasteiger partial charge in [-0.1, -0.05) is 78.5 Å². The van der Waals surface area contributed by atoms with Gasteiger partial charge in [-0.2, -0.15) is 0 Å². The van der Waals surface area contributed by atoms with Gasteiger partial charge in [0.25, 0.3) is 0 Å². The highest BCUT2D eigenvalue weighted by molar-refractivity contribution is 8.12. The molecule has 1 nitrogen and oxygen atoms in total. The SMILES string of the molecule is C/C(=C\CC(=O)SCc1ccccc1)c1ccccc1. The van der Waals surface area contributed by atoms with Gasteiger partial charge in [0.1, 0.15) is 0 Å². The highest BCUT2D eigenvalue weighted by atomic mass is 32.2. The molecule has 2 aromatic rings. The fourth-order valence-corrected chi connectivity index (χ4v) is 2.57. The van der Waals surface area contributed by atoms with E-state index in [1.54, 1.807) is 0 Å². The van der Waals surface area contributed by atoms with Crippen molar-refractivity contribution in [3.8, 4) is 0 Å². The molecule has 102 valence electrons. The molecule has 0 heterocycles. The van der Waals surface area contributed by atoms with Crippen LogP contribution in [-0.4, -0.2) is 5.12 Å². The molecule has 0 unspecified atom stereocenters. The molecule has 0 bridgehead atoms. The van der Waals surface area contributed by atoms with Crippen LogP contribution in [0.15, 0.2) is 66.7 Å². The van der Waals surface area contributed by atoms with Gasteiger partial charge >= 0.3 is 0 Å². The first-order valence-electron chi connectivity index (χ1n) is 6.67. The zero-order valence-corrected chi connectivity index (χ0v) is 12.4. The van der Waals surface area contributed by atoms with Crippen molar-refractivity contribution in [2.45, 2.75) is 19.1 Å². The van der Waals surface area contributed by atoms with Crippen LogP contribution in [0.25, 0.3) is 5.57 Å². The summed E-state index contributed by atoms with van der Waals surface area (Å²) >= 11 is 1.38. The normalized spacial score (nSPS) is 11.3. The molecule has 0 aliphatic heterocycles. The first-order valence-corrected chi connectivity index (χ1v) is 7.66. The molecule has 0 amide bonds. The maximum atomic E-state index is 11.9. The van der Waals surface area contributed by atoms with Gasteiger partial charge in [0.2, 0.25) is 0 Å². The summed E-state index contributed by atoms with van der Waals surface area (Å²) < 4.78 is 0. The Labute approximate surface area is 124 Å². The lowest BCUT2D eigenvalue weighted by Gasteiger charge is -2.02. The Balaban J connectivity index is 1.83. The van der Waals surface area contributed by atoms with Gasteiger partial charge in [-0.25, -0.2) is 0 Å². The van der Waals surface area contributed by atoms with E-state index in [1.807, 2.05) is 61.5 Å². The molecule has 0 aliphatic carbocycles. The van der Waals surface area contributed by atoms with Crippen molar-refractivity contribution in [2.75, 3.05) is 0 Å². The topological polar surface area (TPSA) is 17.1 Å². The number of hydrogen-bond acceptors (Lipinski definition) is 2. The van der Waals surface area contributed by atoms with Crippen molar-refractivity contribution >= 4 is 22.5 Å². The quantitative estimate of drug-likeness (QED) is 0.772. The van der Waals surface area contributed by atoms with Crippen LogP contribution in [-0.2, 0) is 10.5 Å². The van der Waals surface area contributed by atoms with Crippen molar-refractivity contribution < 1.29 is 4.79 Å². The van der Waals surface area contributed by atoms with E-state index in [9.17, 15) is 4.79 Å². The molecule has 0 saturated carbocycles. The molecule has 0 aliphatic rings. The molecule has 0 atom stereocenters. The first-order chi connectivity index (χ1) is 9.75. The van der Waals surface area contributed by atoms with Crippen LogP contribution in [0.4, 0.5) is 0 Å². The minimum atomic E-state index is 0.212. The summed E-state index contributed by atoms with van der Waals surface area (Å²) in [7, 11) is 0. The van der Waals surface area contributed by atoms with Gasteiger partial charge in [-0.3, -0.25) is 4.79 Å². The van der Waals surface area contributed by atoms with Gasteiger partial charge in [0.15, 0.2) is 5.12 Å². The average molecular weight is 282 g/mol. The summed E-state index contributed by atoms with van der Waals surface area (Å²) in [6.45, 7) is 2.05. The van der Waals surface area contributed by atoms with E-state index in [2.05, 4.69) is 12.1 Å². The minimum Gasteiger partial charge on any atom is -0.287 e. The molecule has 2 rings (SSSR count). The molecule has 0 N–H and O–H groups in total. The van der Waals surface area contributed by atoms with E-state index in [4.69, 9.17) is 0 Å². The second-order valence-corrected chi connectivity index (χ2v) is 5.64. The maximum absolute atomic E-state index is 11.9. The number of carbonyl (C=O) groups excluding carboxylic acids is 1. The van der Waals surface area contributed by atoms with E-state index < -0.39 is 0 Å². The minimum absolute atomic E-state index is 0.212. The second-order valence-electron chi connectivity index (χ2n) is 4.60. The van der Waals surface area contributed by atoms with E-state index in [0.29, 0.717) is 6.42 Å². The lowest BCUT2D eigenvalue weighted by atomic mass is 10.1. The van der Waals surface area contributed by atoms with Crippen LogP contribution >= 0.6 is 11.8 Å². The number of thioether (sulfide) groups is 1. The lowest BCUT2D eigenvalue weighted by Crippen LogP contribution is -1.91. The average Bonchev–Trinajstić information content (AvgIpc) is 2.52. The van der Waals surface area contributed by atoms with Crippen molar-refractivity contribution in [2.24, 2.45) is 0 Å². The standard InChI is InChI=1S/C18H18OS/c1-15(17-10-6-3-7-11-17)12-13-18(19)20-14-16-8-4-2-5-9-16/h2-12H,13-14H2,1H3/b15-12+. The predicted molar refractivity (Wildman–Crippen MR) is 87.5 cm³/mol. The van der Waals surface area contributed by atoms with Gasteiger partial charge in [0, 0.05) is 12.2 Å². The summed E-state index contributed by atoms with van der Waals surface area (Å²) in [4.78, 5) is 11.9. The van der Waals surface area contributed by atoms with Gasteiger partial charge in [-0.05, 0) is 23.6 Å². The largest absolute Gasteiger partial charge is 0.287 e. The molecule has 0 saturated heterocycles. The summed E-state index contributed by atoms with van der Waals surface area (Å²) in [5.74, 6) is 0.748. The Morgan fingerprint density at radius 1 is 1.00 bits per heavy atom. The molecular formula is C18H18OS. The van der Waals surface area contributed by atoms with Crippen LogP contribution < -0.4 is 0 Å². The third-order valence-electron chi connectivity index (χ3n) is 3.05. The summed E-state index contributed by atoms with van der Waals surface area (Å²) in [6.07, 6.45) is 2.49. The molecule has 2 aromatic carbocycles. The summed E-state index contributed by atoms with van der Waals surface area (Å²) in [6, 6.07) is 20.2. The van der Waals surface area contributed by atoms with E-state index in [-0.39, 0.29) is 5.12 Å². The molecule has 0 aromatic heterocycles. The molecule has 0 radical (unpaired) electrons. The van der Waals surface area contributed by atoms with Crippen molar-refractivity contribution in [1.29, 1.82) is 0 Å². The Bertz CT molecular complexity index is 573. The zero-order valence-electron chi connectivity index (χ0n) is 11.6. The van der Waals surface area contributed by atoms with Crippen molar-refractivity contribution in [1.82, 2.24) is 0 Å². The van der Waals surface area contributed by atoms with E-state index in [0.717, 1.165) is 11.3 Å². The lowest BCUT2D eigenvalue weighted by molar-refractivity contribution is -0.110. The number of rotatable bonds is 5. The highest BCUT2D eigenvalue weighted by Gasteiger charge is 2.02. The van der Waals surface area contributed by atoms with Crippen molar-refractivity contribution in [3.63, 3.8) is 0 Å². The van der Waals surface area contributed by atoms with E-state index >= 15 is 0 Å². The maximum Gasteiger partial charge on any atom is 0.193 e. The first kappa shape index (κ1) is 14.6. The summed E-state index contributed by atoms with van der Waals surface area (Å²) in [5.41, 5.74) is 3.52. The van der Waals surface area contributed by atoms with Gasteiger partial charge in [-0.15, -0.1) is 0 Å².